The summed E-state index contributed by atoms with van der Waals surface area (Å²) in [5.41, 5.74) is 0.243. The van der Waals surface area contributed by atoms with Gasteiger partial charge in [0, 0.05) is 6.42 Å². The van der Waals surface area contributed by atoms with Gasteiger partial charge in [0.2, 0.25) is 0 Å². The fraction of sp³-hybridized carbons (Fsp3) is 0.300. The van der Waals surface area contributed by atoms with Crippen molar-refractivity contribution in [2.24, 2.45) is 0 Å². The molecule has 0 bridgehead atoms. The molecule has 0 saturated carbocycles. The van der Waals surface area contributed by atoms with Crippen molar-refractivity contribution in [2.45, 2.75) is 38.2 Å². The minimum Gasteiger partial charge on any atom is -0.477 e. The van der Waals surface area contributed by atoms with Gasteiger partial charge in [-0.15, -0.1) is 0 Å². The minimum atomic E-state index is -1.83. The monoisotopic (exact) mass is 323 g/mol. The van der Waals surface area contributed by atoms with Crippen LogP contribution < -0.4 is 4.74 Å². The fourth-order valence-corrected chi connectivity index (χ4v) is 2.50. The van der Waals surface area contributed by atoms with Crippen molar-refractivity contribution in [3.8, 4) is 22.9 Å². The molecule has 2 aromatic carbocycles. The lowest BCUT2D eigenvalue weighted by molar-refractivity contribution is -0.151. The Morgan fingerprint density at radius 2 is 1.71 bits per heavy atom. The zero-order valence-electron chi connectivity index (χ0n) is 13.7. The number of hydrogen-bond donors (Lipinski definition) is 1. The maximum Gasteiger partial charge on any atom is 0.363 e. The number of nitrogens with zero attached hydrogens (tertiary/aromatic N) is 1. The number of carboxylic acids is 1. The standard InChI is InChI=1S/C20H21NO3/c1-2-3-7-14-20(15-21,19(22)23)24-18-12-10-17(11-13-18)16-8-5-4-6-9-16/h4-6,8-13H,2-3,7,14H2,1H3,(H,22,23). The first-order valence-electron chi connectivity index (χ1n) is 8.10. The van der Waals surface area contributed by atoms with Crippen molar-refractivity contribution in [3.05, 3.63) is 54.6 Å². The first-order chi connectivity index (χ1) is 11.6. The third-order valence-electron chi connectivity index (χ3n) is 3.91. The van der Waals surface area contributed by atoms with Crippen LogP contribution in [0.5, 0.6) is 5.75 Å². The molecule has 0 amide bonds. The van der Waals surface area contributed by atoms with Crippen molar-refractivity contribution in [1.29, 1.82) is 5.26 Å². The Hall–Kier alpha value is -2.80. The zero-order chi connectivity index (χ0) is 17.4. The Bertz CT molecular complexity index is 704. The van der Waals surface area contributed by atoms with Crippen LogP contribution in [0.2, 0.25) is 0 Å². The average molecular weight is 323 g/mol. The number of nitriles is 1. The number of benzene rings is 2. The molecule has 2 rings (SSSR count). The Balaban J connectivity index is 2.17. The quantitative estimate of drug-likeness (QED) is 0.717. The van der Waals surface area contributed by atoms with Gasteiger partial charge in [-0.3, -0.25) is 0 Å². The SMILES string of the molecule is CCCCCC(C#N)(Oc1ccc(-c2ccccc2)cc1)C(=O)O. The van der Waals surface area contributed by atoms with Crippen molar-refractivity contribution in [1.82, 2.24) is 0 Å². The van der Waals surface area contributed by atoms with E-state index in [1.54, 1.807) is 12.1 Å². The van der Waals surface area contributed by atoms with Crippen molar-refractivity contribution in [2.75, 3.05) is 0 Å². The number of aliphatic carboxylic acids is 1. The smallest absolute Gasteiger partial charge is 0.363 e. The maximum absolute atomic E-state index is 11.6. The molecule has 0 aromatic heterocycles. The maximum atomic E-state index is 11.6. The lowest BCUT2D eigenvalue weighted by Crippen LogP contribution is -2.43. The van der Waals surface area contributed by atoms with Crippen molar-refractivity contribution >= 4 is 5.97 Å². The van der Waals surface area contributed by atoms with E-state index in [0.29, 0.717) is 12.2 Å². The molecule has 24 heavy (non-hydrogen) atoms. The topological polar surface area (TPSA) is 70.3 Å². The summed E-state index contributed by atoms with van der Waals surface area (Å²) in [6.45, 7) is 2.03. The molecule has 0 aliphatic heterocycles. The summed E-state index contributed by atoms with van der Waals surface area (Å²) in [6.07, 6.45) is 2.63. The van der Waals surface area contributed by atoms with E-state index in [0.717, 1.165) is 24.0 Å². The first kappa shape index (κ1) is 17.6. The van der Waals surface area contributed by atoms with Gasteiger partial charge in [0.1, 0.15) is 11.8 Å². The Kier molecular flexibility index (Phi) is 5.97. The van der Waals surface area contributed by atoms with Crippen molar-refractivity contribution < 1.29 is 14.6 Å². The predicted octanol–water partition coefficient (Wildman–Crippen LogP) is 4.66. The summed E-state index contributed by atoms with van der Waals surface area (Å²) < 4.78 is 5.59. The summed E-state index contributed by atoms with van der Waals surface area (Å²) in [6, 6.07) is 18.8. The van der Waals surface area contributed by atoms with Crippen LogP contribution in [0.1, 0.15) is 32.6 Å². The van der Waals surface area contributed by atoms with Crippen molar-refractivity contribution in [3.63, 3.8) is 0 Å². The van der Waals surface area contributed by atoms with E-state index in [2.05, 4.69) is 0 Å². The number of hydrogen-bond acceptors (Lipinski definition) is 3. The number of carbonyl (C=O) groups is 1. The highest BCUT2D eigenvalue weighted by molar-refractivity contribution is 5.81. The summed E-state index contributed by atoms with van der Waals surface area (Å²) in [7, 11) is 0. The molecule has 1 N–H and O–H groups in total. The molecule has 4 heteroatoms. The molecule has 124 valence electrons. The van der Waals surface area contributed by atoms with E-state index in [4.69, 9.17) is 4.74 Å². The van der Waals surface area contributed by atoms with Crippen LogP contribution in [-0.2, 0) is 4.79 Å². The molecule has 1 unspecified atom stereocenters. The molecule has 0 aliphatic rings. The molecule has 0 saturated heterocycles. The lowest BCUT2D eigenvalue weighted by atomic mass is 9.97. The second-order valence-electron chi connectivity index (χ2n) is 5.69. The zero-order valence-corrected chi connectivity index (χ0v) is 13.7. The fourth-order valence-electron chi connectivity index (χ4n) is 2.50. The van der Waals surface area contributed by atoms with Gasteiger partial charge in [-0.25, -0.2) is 4.79 Å². The second kappa shape index (κ2) is 8.16. The molecule has 2 aromatic rings. The van der Waals surface area contributed by atoms with Crippen LogP contribution in [0.4, 0.5) is 0 Å². The van der Waals surface area contributed by atoms with E-state index in [1.807, 2.05) is 55.5 Å². The number of rotatable bonds is 8. The van der Waals surface area contributed by atoms with Gasteiger partial charge in [-0.1, -0.05) is 62.2 Å². The Morgan fingerprint density at radius 3 is 2.25 bits per heavy atom. The number of unbranched alkanes of at least 4 members (excludes halogenated alkanes) is 2. The summed E-state index contributed by atoms with van der Waals surface area (Å²) in [4.78, 5) is 11.6. The van der Waals surface area contributed by atoms with Gasteiger partial charge < -0.3 is 9.84 Å². The third kappa shape index (κ3) is 4.14. The highest BCUT2D eigenvalue weighted by Crippen LogP contribution is 2.27. The summed E-state index contributed by atoms with van der Waals surface area (Å²) in [5, 5.41) is 18.9. The molecule has 4 nitrogen and oxygen atoms in total. The Labute approximate surface area is 142 Å². The minimum absolute atomic E-state index is 0.174. The lowest BCUT2D eigenvalue weighted by Gasteiger charge is -2.23. The summed E-state index contributed by atoms with van der Waals surface area (Å²) >= 11 is 0. The van der Waals surface area contributed by atoms with E-state index in [1.165, 1.54) is 0 Å². The molecule has 0 radical (unpaired) electrons. The number of carboxylic acid groups (broad SMARTS) is 1. The Morgan fingerprint density at radius 1 is 1.08 bits per heavy atom. The molecule has 0 spiro atoms. The molecule has 1 atom stereocenters. The van der Waals surface area contributed by atoms with Crippen LogP contribution in [0.15, 0.2) is 54.6 Å². The van der Waals surface area contributed by atoms with Crippen LogP contribution in [-0.4, -0.2) is 16.7 Å². The van der Waals surface area contributed by atoms with Crippen LogP contribution in [0.3, 0.4) is 0 Å². The average Bonchev–Trinajstić information content (AvgIpc) is 2.62. The van der Waals surface area contributed by atoms with E-state index in [-0.39, 0.29) is 6.42 Å². The molecular formula is C20H21NO3. The van der Waals surface area contributed by atoms with Gasteiger partial charge in [-0.05, 0) is 29.7 Å². The molecule has 0 aliphatic carbocycles. The van der Waals surface area contributed by atoms with Crippen LogP contribution in [0, 0.1) is 11.3 Å². The van der Waals surface area contributed by atoms with Gasteiger partial charge >= 0.3 is 5.97 Å². The van der Waals surface area contributed by atoms with Gasteiger partial charge in [0.05, 0.1) is 0 Å². The largest absolute Gasteiger partial charge is 0.477 e. The van der Waals surface area contributed by atoms with Gasteiger partial charge in [-0.2, -0.15) is 5.26 Å². The first-order valence-corrected chi connectivity index (χ1v) is 8.10. The second-order valence-corrected chi connectivity index (χ2v) is 5.69. The normalized spacial score (nSPS) is 12.8. The predicted molar refractivity (Wildman–Crippen MR) is 92.6 cm³/mol. The van der Waals surface area contributed by atoms with Crippen LogP contribution >= 0.6 is 0 Å². The molecular weight excluding hydrogens is 302 g/mol. The highest BCUT2D eigenvalue weighted by atomic mass is 16.5. The third-order valence-corrected chi connectivity index (χ3v) is 3.91. The van der Waals surface area contributed by atoms with E-state index < -0.39 is 11.6 Å². The summed E-state index contributed by atoms with van der Waals surface area (Å²) in [5.74, 6) is -0.858. The van der Waals surface area contributed by atoms with E-state index >= 15 is 0 Å². The van der Waals surface area contributed by atoms with E-state index in [9.17, 15) is 15.2 Å². The number of ether oxygens (including phenoxy) is 1. The van der Waals surface area contributed by atoms with Crippen LogP contribution in [0.25, 0.3) is 11.1 Å². The van der Waals surface area contributed by atoms with Gasteiger partial charge in [0.15, 0.2) is 0 Å². The highest BCUT2D eigenvalue weighted by Gasteiger charge is 2.41. The molecule has 0 heterocycles. The van der Waals surface area contributed by atoms with Gasteiger partial charge in [0.25, 0.3) is 5.60 Å². The molecule has 0 fully saturated rings.